The van der Waals surface area contributed by atoms with Crippen LogP contribution in [0.1, 0.15) is 25.7 Å². The molecule has 0 spiro atoms. The van der Waals surface area contributed by atoms with Crippen molar-refractivity contribution in [2.75, 3.05) is 12.4 Å². The Morgan fingerprint density at radius 3 is 2.88 bits per heavy atom. The standard InChI is InChI=1S/C11H15Cl2N3O/c1-17-11-14-6-8(13)10(16-11)15-9-5-3-2-4-7(9)12/h6-7,9H,2-5H2,1H3,(H,14,15,16). The van der Waals surface area contributed by atoms with Gasteiger partial charge in [-0.15, -0.1) is 11.6 Å². The van der Waals surface area contributed by atoms with E-state index in [-0.39, 0.29) is 11.4 Å². The quantitative estimate of drug-likeness (QED) is 0.862. The first-order chi connectivity index (χ1) is 8.20. The fourth-order valence-electron chi connectivity index (χ4n) is 1.97. The van der Waals surface area contributed by atoms with Gasteiger partial charge in [0, 0.05) is 6.04 Å². The summed E-state index contributed by atoms with van der Waals surface area (Å²) in [6.45, 7) is 0. The lowest BCUT2D eigenvalue weighted by Gasteiger charge is -2.28. The van der Waals surface area contributed by atoms with Crippen LogP contribution in [0.15, 0.2) is 6.20 Å². The van der Waals surface area contributed by atoms with Crippen molar-refractivity contribution in [3.8, 4) is 6.01 Å². The van der Waals surface area contributed by atoms with Gasteiger partial charge in [0.25, 0.3) is 0 Å². The summed E-state index contributed by atoms with van der Waals surface area (Å²) in [7, 11) is 1.53. The van der Waals surface area contributed by atoms with Gasteiger partial charge in [-0.25, -0.2) is 4.98 Å². The molecule has 4 nitrogen and oxygen atoms in total. The molecule has 1 aromatic heterocycles. The number of methoxy groups -OCH3 is 1. The molecule has 0 aromatic carbocycles. The van der Waals surface area contributed by atoms with E-state index in [2.05, 4.69) is 15.3 Å². The van der Waals surface area contributed by atoms with Gasteiger partial charge in [-0.05, 0) is 12.8 Å². The zero-order valence-electron chi connectivity index (χ0n) is 9.62. The third-order valence-corrected chi connectivity index (χ3v) is 3.71. The van der Waals surface area contributed by atoms with Gasteiger partial charge < -0.3 is 10.1 Å². The van der Waals surface area contributed by atoms with Crippen LogP contribution < -0.4 is 10.1 Å². The van der Waals surface area contributed by atoms with Gasteiger partial charge in [0.15, 0.2) is 5.82 Å². The molecule has 0 saturated heterocycles. The van der Waals surface area contributed by atoms with E-state index in [9.17, 15) is 0 Å². The molecule has 2 rings (SSSR count). The van der Waals surface area contributed by atoms with Gasteiger partial charge in [-0.3, -0.25) is 0 Å². The minimum atomic E-state index is 0.126. The molecule has 2 atom stereocenters. The molecule has 1 saturated carbocycles. The maximum absolute atomic E-state index is 6.28. The Bertz CT molecular complexity index is 389. The second-order valence-electron chi connectivity index (χ2n) is 4.10. The highest BCUT2D eigenvalue weighted by atomic mass is 35.5. The van der Waals surface area contributed by atoms with Crippen LogP contribution in [0.2, 0.25) is 5.02 Å². The summed E-state index contributed by atoms with van der Waals surface area (Å²) in [5.74, 6) is 0.594. The minimum absolute atomic E-state index is 0.126. The first-order valence-corrected chi connectivity index (χ1v) is 6.49. The summed E-state index contributed by atoms with van der Waals surface area (Å²) < 4.78 is 4.97. The molecule has 94 valence electrons. The Hall–Kier alpha value is -0.740. The molecule has 0 aliphatic heterocycles. The van der Waals surface area contributed by atoms with E-state index < -0.39 is 0 Å². The lowest BCUT2D eigenvalue weighted by Crippen LogP contribution is -2.33. The van der Waals surface area contributed by atoms with Crippen molar-refractivity contribution >= 4 is 29.0 Å². The summed E-state index contributed by atoms with van der Waals surface area (Å²) >= 11 is 12.3. The fraction of sp³-hybridized carbons (Fsp3) is 0.636. The first-order valence-electron chi connectivity index (χ1n) is 5.68. The Morgan fingerprint density at radius 1 is 1.41 bits per heavy atom. The van der Waals surface area contributed by atoms with Gasteiger partial charge in [-0.2, -0.15) is 4.98 Å². The van der Waals surface area contributed by atoms with Gasteiger partial charge in [0.1, 0.15) is 5.02 Å². The third kappa shape index (κ3) is 3.13. The summed E-state index contributed by atoms with van der Waals surface area (Å²) in [6, 6.07) is 0.515. The predicted octanol–water partition coefficient (Wildman–Crippen LogP) is 3.10. The number of nitrogens with zero attached hydrogens (tertiary/aromatic N) is 2. The van der Waals surface area contributed by atoms with Crippen molar-refractivity contribution in [3.63, 3.8) is 0 Å². The molecular formula is C11H15Cl2N3O. The molecule has 1 aliphatic rings. The highest BCUT2D eigenvalue weighted by molar-refractivity contribution is 6.32. The van der Waals surface area contributed by atoms with E-state index in [1.807, 2.05) is 0 Å². The van der Waals surface area contributed by atoms with Crippen molar-refractivity contribution in [2.45, 2.75) is 37.1 Å². The van der Waals surface area contributed by atoms with Crippen molar-refractivity contribution in [2.24, 2.45) is 0 Å². The number of rotatable bonds is 3. The minimum Gasteiger partial charge on any atom is -0.467 e. The first kappa shape index (κ1) is 12.7. The van der Waals surface area contributed by atoms with Crippen LogP contribution in [0.4, 0.5) is 5.82 Å². The molecule has 1 aromatic rings. The number of nitrogens with one attached hydrogen (secondary N) is 1. The van der Waals surface area contributed by atoms with Crippen molar-refractivity contribution in [3.05, 3.63) is 11.2 Å². The molecule has 1 heterocycles. The van der Waals surface area contributed by atoms with Gasteiger partial charge in [0.05, 0.1) is 18.7 Å². The number of hydrogen-bond acceptors (Lipinski definition) is 4. The average molecular weight is 276 g/mol. The van der Waals surface area contributed by atoms with Crippen molar-refractivity contribution in [1.82, 2.24) is 9.97 Å². The monoisotopic (exact) mass is 275 g/mol. The molecule has 17 heavy (non-hydrogen) atoms. The van der Waals surface area contributed by atoms with E-state index in [1.165, 1.54) is 26.1 Å². The van der Waals surface area contributed by atoms with Crippen molar-refractivity contribution in [1.29, 1.82) is 0 Å². The topological polar surface area (TPSA) is 47.0 Å². The predicted molar refractivity (Wildman–Crippen MR) is 69.1 cm³/mol. The van der Waals surface area contributed by atoms with E-state index >= 15 is 0 Å². The van der Waals surface area contributed by atoms with E-state index in [0.29, 0.717) is 16.9 Å². The number of hydrogen-bond donors (Lipinski definition) is 1. The summed E-state index contributed by atoms with van der Waals surface area (Å²) in [5.41, 5.74) is 0. The van der Waals surface area contributed by atoms with E-state index in [1.54, 1.807) is 0 Å². The number of aromatic nitrogens is 2. The Morgan fingerprint density at radius 2 is 2.18 bits per heavy atom. The molecule has 0 amide bonds. The molecule has 2 unspecified atom stereocenters. The largest absolute Gasteiger partial charge is 0.467 e. The normalized spacial score (nSPS) is 24.4. The van der Waals surface area contributed by atoms with Gasteiger partial charge in [0.2, 0.25) is 0 Å². The van der Waals surface area contributed by atoms with Gasteiger partial charge in [-0.1, -0.05) is 24.4 Å². The molecule has 6 heteroatoms. The molecule has 0 radical (unpaired) electrons. The second-order valence-corrected chi connectivity index (χ2v) is 5.07. The summed E-state index contributed by atoms with van der Waals surface area (Å²) in [4.78, 5) is 8.12. The smallest absolute Gasteiger partial charge is 0.318 e. The number of anilines is 1. The summed E-state index contributed by atoms with van der Waals surface area (Å²) in [5, 5.41) is 3.89. The van der Waals surface area contributed by atoms with Crippen molar-refractivity contribution < 1.29 is 4.74 Å². The lowest BCUT2D eigenvalue weighted by molar-refractivity contribution is 0.380. The maximum atomic E-state index is 6.28. The highest BCUT2D eigenvalue weighted by Gasteiger charge is 2.24. The van der Waals surface area contributed by atoms with Crippen LogP contribution in [0.5, 0.6) is 6.01 Å². The zero-order chi connectivity index (χ0) is 12.3. The molecule has 1 aliphatic carbocycles. The number of halogens is 2. The van der Waals surface area contributed by atoms with Gasteiger partial charge >= 0.3 is 6.01 Å². The molecular weight excluding hydrogens is 261 g/mol. The Labute approximate surface area is 111 Å². The lowest BCUT2D eigenvalue weighted by atomic mass is 9.95. The number of ether oxygens (including phenoxy) is 1. The molecule has 0 bridgehead atoms. The third-order valence-electron chi connectivity index (χ3n) is 2.91. The van der Waals surface area contributed by atoms with E-state index in [0.717, 1.165) is 12.8 Å². The second kappa shape index (κ2) is 5.74. The van der Waals surface area contributed by atoms with Crippen LogP contribution in [0.3, 0.4) is 0 Å². The highest BCUT2D eigenvalue weighted by Crippen LogP contribution is 2.28. The fourth-order valence-corrected chi connectivity index (χ4v) is 2.46. The van der Waals surface area contributed by atoms with Crippen LogP contribution in [-0.4, -0.2) is 28.5 Å². The zero-order valence-corrected chi connectivity index (χ0v) is 11.1. The number of alkyl halides is 1. The van der Waals surface area contributed by atoms with Crippen LogP contribution in [-0.2, 0) is 0 Å². The molecule has 1 N–H and O–H groups in total. The Kier molecular flexibility index (Phi) is 4.29. The average Bonchev–Trinajstić information content (AvgIpc) is 2.35. The molecule has 1 fully saturated rings. The maximum Gasteiger partial charge on any atom is 0.318 e. The SMILES string of the molecule is COc1ncc(Cl)c(NC2CCCCC2Cl)n1. The van der Waals surface area contributed by atoms with Crippen LogP contribution in [0, 0.1) is 0 Å². The van der Waals surface area contributed by atoms with Crippen LogP contribution >= 0.6 is 23.2 Å². The Balaban J connectivity index is 2.11. The summed E-state index contributed by atoms with van der Waals surface area (Å²) in [6.07, 6.45) is 5.96. The van der Waals surface area contributed by atoms with Crippen LogP contribution in [0.25, 0.3) is 0 Å². The van der Waals surface area contributed by atoms with E-state index in [4.69, 9.17) is 27.9 Å².